The van der Waals surface area contributed by atoms with E-state index in [4.69, 9.17) is 5.26 Å². The van der Waals surface area contributed by atoms with Crippen LogP contribution in [0.1, 0.15) is 26.3 Å². The first-order chi connectivity index (χ1) is 7.13. The van der Waals surface area contributed by atoms with Gasteiger partial charge in [0.1, 0.15) is 12.4 Å². The van der Waals surface area contributed by atoms with Crippen LogP contribution in [0.15, 0.2) is 12.1 Å². The topological polar surface area (TPSA) is 57.9 Å². The molecular weight excluding hydrogens is 373 g/mol. The number of carbonyl (C=O) groups is 2. The van der Waals surface area contributed by atoms with Crippen molar-refractivity contribution in [3.05, 3.63) is 32.4 Å². The monoisotopic (exact) mass is 377 g/mol. The average molecular weight is 378 g/mol. The molecule has 0 saturated heterocycles. The van der Waals surface area contributed by atoms with Crippen molar-refractivity contribution >= 4 is 50.6 Å². The predicted molar refractivity (Wildman–Crippen MR) is 67.4 cm³/mol. The Morgan fingerprint density at radius 1 is 1.60 bits per heavy atom. The fourth-order valence-electron chi connectivity index (χ4n) is 1.07. The number of rotatable bonds is 3. The Kier molecular flexibility index (Phi) is 4.42. The summed E-state index contributed by atoms with van der Waals surface area (Å²) in [6, 6.07) is 4.93. The largest absolute Gasteiger partial charge is 0.298 e. The summed E-state index contributed by atoms with van der Waals surface area (Å²) < 4.78 is 0.588. The van der Waals surface area contributed by atoms with Gasteiger partial charge in [0.05, 0.1) is 10.9 Å². The van der Waals surface area contributed by atoms with Crippen molar-refractivity contribution < 1.29 is 9.59 Å². The molecule has 15 heavy (non-hydrogen) atoms. The number of hydrogen-bond acceptors (Lipinski definition) is 3. The van der Waals surface area contributed by atoms with Crippen LogP contribution in [0.2, 0.25) is 0 Å². The number of aldehydes is 1. The fourth-order valence-corrected chi connectivity index (χ4v) is 2.11. The Balaban J connectivity index is 3.45. The molecule has 0 saturated carbocycles. The zero-order chi connectivity index (χ0) is 11.4. The Bertz CT molecular complexity index is 465. The van der Waals surface area contributed by atoms with Crippen LogP contribution in [-0.2, 0) is 0 Å². The lowest BCUT2D eigenvalue weighted by molar-refractivity contribution is 0.102. The summed E-state index contributed by atoms with van der Waals surface area (Å²) in [4.78, 5) is 22.1. The first-order valence-corrected chi connectivity index (χ1v) is 6.12. The van der Waals surface area contributed by atoms with Gasteiger partial charge in [-0.3, -0.25) is 9.59 Å². The van der Waals surface area contributed by atoms with Gasteiger partial charge in [0.15, 0.2) is 5.78 Å². The second-order valence-electron chi connectivity index (χ2n) is 2.72. The SMILES string of the molecule is N#Cc1cc(C=O)cc(C(=O)CBr)c1I. The summed E-state index contributed by atoms with van der Waals surface area (Å²) in [5.41, 5.74) is 1.11. The van der Waals surface area contributed by atoms with Crippen LogP contribution >= 0.6 is 38.5 Å². The molecule has 0 N–H and O–H groups in total. The summed E-state index contributed by atoms with van der Waals surface area (Å²) in [5, 5.41) is 9.00. The quantitative estimate of drug-likeness (QED) is 0.352. The van der Waals surface area contributed by atoms with E-state index in [1.165, 1.54) is 12.1 Å². The third-order valence-corrected chi connectivity index (χ3v) is 3.44. The minimum Gasteiger partial charge on any atom is -0.298 e. The van der Waals surface area contributed by atoms with Gasteiger partial charge >= 0.3 is 0 Å². The number of benzene rings is 1. The summed E-state index contributed by atoms with van der Waals surface area (Å²) in [5.74, 6) is -0.139. The molecule has 0 amide bonds. The van der Waals surface area contributed by atoms with Gasteiger partial charge in [-0.25, -0.2) is 0 Å². The molecule has 0 atom stereocenters. The van der Waals surface area contributed by atoms with E-state index < -0.39 is 0 Å². The van der Waals surface area contributed by atoms with Crippen molar-refractivity contribution in [1.82, 2.24) is 0 Å². The highest BCUT2D eigenvalue weighted by atomic mass is 127. The second-order valence-corrected chi connectivity index (χ2v) is 4.36. The Hall–Kier alpha value is -0.740. The van der Waals surface area contributed by atoms with Gasteiger partial charge in [-0.15, -0.1) is 0 Å². The standard InChI is InChI=1S/C10H5BrINO2/c11-3-9(15)8-2-6(5-14)1-7(4-13)10(8)12/h1-2,5H,3H2. The van der Waals surface area contributed by atoms with Crippen LogP contribution in [-0.4, -0.2) is 17.4 Å². The molecule has 0 heterocycles. The molecule has 0 spiro atoms. The maximum atomic E-state index is 11.5. The summed E-state index contributed by atoms with van der Waals surface area (Å²) in [7, 11) is 0. The van der Waals surface area contributed by atoms with Gasteiger partial charge in [-0.2, -0.15) is 5.26 Å². The normalized spacial score (nSPS) is 9.40. The molecule has 0 bridgehead atoms. The molecule has 0 radical (unpaired) electrons. The van der Waals surface area contributed by atoms with Crippen molar-refractivity contribution in [2.24, 2.45) is 0 Å². The van der Waals surface area contributed by atoms with Crippen LogP contribution in [0.5, 0.6) is 0 Å². The molecule has 3 nitrogen and oxygen atoms in total. The van der Waals surface area contributed by atoms with Crippen molar-refractivity contribution in [2.75, 3.05) is 5.33 Å². The van der Waals surface area contributed by atoms with Gasteiger partial charge < -0.3 is 0 Å². The predicted octanol–water partition coefficient (Wildman–Crippen LogP) is 2.55. The van der Waals surface area contributed by atoms with E-state index >= 15 is 0 Å². The highest BCUT2D eigenvalue weighted by Crippen LogP contribution is 2.20. The van der Waals surface area contributed by atoms with Gasteiger partial charge in [0, 0.05) is 14.7 Å². The number of alkyl halides is 1. The van der Waals surface area contributed by atoms with Crippen LogP contribution < -0.4 is 0 Å². The van der Waals surface area contributed by atoms with E-state index in [1.54, 1.807) is 0 Å². The highest BCUT2D eigenvalue weighted by molar-refractivity contribution is 14.1. The molecule has 0 aliphatic rings. The van der Waals surface area contributed by atoms with E-state index in [2.05, 4.69) is 15.9 Å². The molecule has 0 unspecified atom stereocenters. The van der Waals surface area contributed by atoms with Crippen molar-refractivity contribution in [3.8, 4) is 6.07 Å². The first-order valence-electron chi connectivity index (χ1n) is 3.92. The summed E-state index contributed by atoms with van der Waals surface area (Å²) >= 11 is 4.99. The van der Waals surface area contributed by atoms with Gasteiger partial charge in [0.2, 0.25) is 0 Å². The van der Waals surface area contributed by atoms with Crippen LogP contribution in [0.4, 0.5) is 0 Å². The molecule has 0 aliphatic heterocycles. The average Bonchev–Trinajstić information content (AvgIpc) is 2.28. The van der Waals surface area contributed by atoms with Crippen LogP contribution in [0.25, 0.3) is 0 Å². The highest BCUT2D eigenvalue weighted by Gasteiger charge is 2.13. The molecule has 0 aliphatic carbocycles. The lowest BCUT2D eigenvalue weighted by atomic mass is 10.0. The number of halogens is 2. The number of Topliss-reactive ketones (excluding diaryl/α,β-unsaturated/α-hetero) is 1. The third kappa shape index (κ3) is 2.63. The summed E-state index contributed by atoms with van der Waals surface area (Å²) in [6.45, 7) is 0. The van der Waals surface area contributed by atoms with Crippen molar-refractivity contribution in [2.45, 2.75) is 0 Å². The van der Waals surface area contributed by atoms with E-state index in [9.17, 15) is 9.59 Å². The zero-order valence-corrected chi connectivity index (χ0v) is 11.2. The smallest absolute Gasteiger partial charge is 0.174 e. The zero-order valence-electron chi connectivity index (χ0n) is 7.46. The number of nitrogens with zero attached hydrogens (tertiary/aromatic N) is 1. The minimum absolute atomic E-state index is 0.139. The van der Waals surface area contributed by atoms with Gasteiger partial charge in [0.25, 0.3) is 0 Å². The van der Waals surface area contributed by atoms with E-state index in [0.717, 1.165) is 0 Å². The van der Waals surface area contributed by atoms with Gasteiger partial charge in [-0.1, -0.05) is 15.9 Å². The molecule has 1 aromatic carbocycles. The number of nitriles is 1. The lowest BCUT2D eigenvalue weighted by Gasteiger charge is -2.04. The van der Waals surface area contributed by atoms with Crippen LogP contribution in [0.3, 0.4) is 0 Å². The second kappa shape index (κ2) is 5.37. The molecule has 0 aromatic heterocycles. The van der Waals surface area contributed by atoms with E-state index in [1.807, 2.05) is 28.7 Å². The van der Waals surface area contributed by atoms with Crippen molar-refractivity contribution in [1.29, 1.82) is 5.26 Å². The molecule has 0 fully saturated rings. The first kappa shape index (κ1) is 12.3. The molecular formula is C10H5BrINO2. The van der Waals surface area contributed by atoms with Crippen LogP contribution in [0, 0.1) is 14.9 Å². The van der Waals surface area contributed by atoms with Crippen molar-refractivity contribution in [3.63, 3.8) is 0 Å². The third-order valence-electron chi connectivity index (χ3n) is 1.77. The fraction of sp³-hybridized carbons (Fsp3) is 0.100. The lowest BCUT2D eigenvalue weighted by Crippen LogP contribution is -2.05. The Morgan fingerprint density at radius 2 is 2.27 bits per heavy atom. The number of hydrogen-bond donors (Lipinski definition) is 0. The van der Waals surface area contributed by atoms with Gasteiger partial charge in [-0.05, 0) is 34.7 Å². The Labute approximate surface area is 109 Å². The van der Waals surface area contributed by atoms with E-state index in [0.29, 0.717) is 26.5 Å². The number of ketones is 1. The molecule has 1 rings (SSSR count). The number of carbonyl (C=O) groups excluding carboxylic acids is 2. The maximum absolute atomic E-state index is 11.5. The molecule has 76 valence electrons. The molecule has 5 heteroatoms. The Morgan fingerprint density at radius 3 is 2.73 bits per heavy atom. The molecule has 1 aromatic rings. The summed E-state index contributed by atoms with van der Waals surface area (Å²) in [6.07, 6.45) is 0.627. The van der Waals surface area contributed by atoms with E-state index in [-0.39, 0.29) is 11.1 Å². The minimum atomic E-state index is -0.139. The maximum Gasteiger partial charge on any atom is 0.174 e.